The van der Waals surface area contributed by atoms with Gasteiger partial charge in [-0.2, -0.15) is 9.97 Å². The van der Waals surface area contributed by atoms with Crippen LogP contribution in [-0.2, 0) is 0 Å². The fraction of sp³-hybridized carbons (Fsp3) is 0.182. The molecule has 1 aromatic carbocycles. The lowest BCUT2D eigenvalue weighted by Gasteiger charge is -2.16. The summed E-state index contributed by atoms with van der Waals surface area (Å²) in [6.45, 7) is 7.93. The number of halogens is 1. The van der Waals surface area contributed by atoms with Gasteiger partial charge < -0.3 is 15.8 Å². The van der Waals surface area contributed by atoms with Crippen molar-refractivity contribution in [3.8, 4) is 17.3 Å². The van der Waals surface area contributed by atoms with Crippen LogP contribution < -0.4 is 15.8 Å². The molecule has 31 heavy (non-hydrogen) atoms. The molecule has 0 spiro atoms. The minimum atomic E-state index is -0.285. The first-order valence-electron chi connectivity index (χ1n) is 9.68. The van der Waals surface area contributed by atoms with Crippen molar-refractivity contribution in [1.29, 1.82) is 0 Å². The summed E-state index contributed by atoms with van der Waals surface area (Å²) in [5.74, 6) is 0.529. The molecule has 3 heterocycles. The van der Waals surface area contributed by atoms with Gasteiger partial charge in [0.2, 0.25) is 0 Å². The molecule has 1 atom stereocenters. The Hall–Kier alpha value is -4.01. The topological polar surface area (TPSA) is 103 Å². The Morgan fingerprint density at radius 3 is 2.81 bits per heavy atom. The Morgan fingerprint density at radius 1 is 1.29 bits per heavy atom. The predicted octanol–water partition coefficient (Wildman–Crippen LogP) is 4.04. The number of fused-ring (bicyclic) bond motifs is 1. The van der Waals surface area contributed by atoms with Gasteiger partial charge in [-0.3, -0.25) is 0 Å². The maximum absolute atomic E-state index is 13.3. The number of nitrogen functional groups attached to an aromatic ring is 1. The molecule has 0 aliphatic heterocycles. The van der Waals surface area contributed by atoms with Crippen molar-refractivity contribution in [2.45, 2.75) is 19.9 Å². The molecule has 158 valence electrons. The fourth-order valence-electron chi connectivity index (χ4n) is 3.09. The van der Waals surface area contributed by atoms with Gasteiger partial charge in [0.1, 0.15) is 18.2 Å². The molecular weight excluding hydrogens is 397 g/mol. The molecule has 9 heteroatoms. The second-order valence-corrected chi connectivity index (χ2v) is 7.23. The van der Waals surface area contributed by atoms with Gasteiger partial charge in [0.25, 0.3) is 0 Å². The van der Waals surface area contributed by atoms with Crippen LogP contribution in [0.25, 0.3) is 16.9 Å². The third-order valence-electron chi connectivity index (χ3n) is 4.57. The molecule has 0 unspecified atom stereocenters. The van der Waals surface area contributed by atoms with Crippen LogP contribution >= 0.6 is 0 Å². The van der Waals surface area contributed by atoms with Crippen LogP contribution in [0.2, 0.25) is 0 Å². The molecule has 0 radical (unpaired) electrons. The van der Waals surface area contributed by atoms with Crippen molar-refractivity contribution in [1.82, 2.24) is 24.6 Å². The smallest absolute Gasteiger partial charge is 0.319 e. The van der Waals surface area contributed by atoms with Gasteiger partial charge in [0.05, 0.1) is 11.3 Å². The van der Waals surface area contributed by atoms with E-state index in [-0.39, 0.29) is 24.5 Å². The number of ether oxygens (including phenoxy) is 1. The number of rotatable bonds is 7. The Kier molecular flexibility index (Phi) is 5.48. The molecular formula is C22H22FN7O. The number of aromatic nitrogens is 5. The highest BCUT2D eigenvalue weighted by atomic mass is 19.1. The standard InChI is InChI=1S/C22H22FN7O/c1-13(2)12-31-22-27-17(19-20(24)29-30-10-4-9-25-21(19)30)11-18(28-22)26-14(3)15-5-7-16(23)8-6-15/h4-11,14H,1,12H2,2-3H3,(H2,24,29)(H,26,27,28)/t14-/m0/s1. The summed E-state index contributed by atoms with van der Waals surface area (Å²) < 4.78 is 20.6. The lowest BCUT2D eigenvalue weighted by atomic mass is 10.1. The Labute approximate surface area is 178 Å². The van der Waals surface area contributed by atoms with Crippen molar-refractivity contribution in [3.05, 3.63) is 72.3 Å². The lowest BCUT2D eigenvalue weighted by molar-refractivity contribution is 0.325. The summed E-state index contributed by atoms with van der Waals surface area (Å²) in [6, 6.07) is 9.84. The minimum absolute atomic E-state index is 0.142. The largest absolute Gasteiger partial charge is 0.459 e. The van der Waals surface area contributed by atoms with E-state index < -0.39 is 0 Å². The molecule has 0 aliphatic rings. The summed E-state index contributed by atoms with van der Waals surface area (Å²) in [5.41, 5.74) is 9.59. The molecule has 0 amide bonds. The fourth-order valence-corrected chi connectivity index (χ4v) is 3.09. The van der Waals surface area contributed by atoms with Gasteiger partial charge in [-0.05, 0) is 43.2 Å². The monoisotopic (exact) mass is 419 g/mol. The molecule has 0 aliphatic carbocycles. The van der Waals surface area contributed by atoms with E-state index in [0.29, 0.717) is 28.5 Å². The van der Waals surface area contributed by atoms with E-state index in [2.05, 4.69) is 31.9 Å². The summed E-state index contributed by atoms with van der Waals surface area (Å²) in [4.78, 5) is 13.4. The van der Waals surface area contributed by atoms with Gasteiger partial charge in [0.15, 0.2) is 11.5 Å². The molecule has 3 aromatic heterocycles. The van der Waals surface area contributed by atoms with Gasteiger partial charge in [-0.15, -0.1) is 5.10 Å². The molecule has 0 saturated heterocycles. The van der Waals surface area contributed by atoms with Gasteiger partial charge in [0, 0.05) is 24.5 Å². The first kappa shape index (κ1) is 20.3. The van der Waals surface area contributed by atoms with Gasteiger partial charge in [-0.25, -0.2) is 13.9 Å². The van der Waals surface area contributed by atoms with Crippen LogP contribution in [0, 0.1) is 5.82 Å². The van der Waals surface area contributed by atoms with Crippen molar-refractivity contribution < 1.29 is 9.13 Å². The number of nitrogens with zero attached hydrogens (tertiary/aromatic N) is 5. The van der Waals surface area contributed by atoms with Crippen molar-refractivity contribution >= 4 is 17.3 Å². The van der Waals surface area contributed by atoms with Crippen LogP contribution in [0.15, 0.2) is 60.9 Å². The highest BCUT2D eigenvalue weighted by Gasteiger charge is 2.18. The molecule has 8 nitrogen and oxygen atoms in total. The SMILES string of the molecule is C=C(C)COc1nc(N[C@@H](C)c2ccc(F)cc2)cc(-c2c(N)nn3cccnc23)n1. The number of hydrogen-bond donors (Lipinski definition) is 2. The number of anilines is 2. The summed E-state index contributed by atoms with van der Waals surface area (Å²) in [7, 11) is 0. The molecule has 4 aromatic rings. The maximum Gasteiger partial charge on any atom is 0.319 e. The second-order valence-electron chi connectivity index (χ2n) is 7.23. The maximum atomic E-state index is 13.3. The van der Waals surface area contributed by atoms with Crippen LogP contribution in [0.3, 0.4) is 0 Å². The van der Waals surface area contributed by atoms with Crippen molar-refractivity contribution in [2.24, 2.45) is 0 Å². The molecule has 4 rings (SSSR count). The van der Waals surface area contributed by atoms with E-state index in [1.807, 2.05) is 13.8 Å². The quantitative estimate of drug-likeness (QED) is 0.436. The van der Waals surface area contributed by atoms with E-state index in [9.17, 15) is 4.39 Å². The van der Waals surface area contributed by atoms with Crippen molar-refractivity contribution in [3.63, 3.8) is 0 Å². The lowest BCUT2D eigenvalue weighted by Crippen LogP contribution is -2.10. The third kappa shape index (κ3) is 4.45. The number of nitrogens with two attached hydrogens (primary N) is 1. The predicted molar refractivity (Wildman–Crippen MR) is 117 cm³/mol. The molecule has 0 fully saturated rings. The number of benzene rings is 1. The number of hydrogen-bond acceptors (Lipinski definition) is 7. The molecule has 0 saturated carbocycles. The Balaban J connectivity index is 1.74. The van der Waals surface area contributed by atoms with E-state index >= 15 is 0 Å². The van der Waals surface area contributed by atoms with Gasteiger partial charge >= 0.3 is 6.01 Å². The van der Waals surface area contributed by atoms with Crippen LogP contribution in [0.4, 0.5) is 16.0 Å². The summed E-state index contributed by atoms with van der Waals surface area (Å²) in [6.07, 6.45) is 3.42. The average Bonchev–Trinajstić information content (AvgIpc) is 3.08. The normalized spacial score (nSPS) is 12.0. The van der Waals surface area contributed by atoms with Gasteiger partial charge in [-0.1, -0.05) is 18.7 Å². The second kappa shape index (κ2) is 8.39. The highest BCUT2D eigenvalue weighted by Crippen LogP contribution is 2.31. The molecule has 3 N–H and O–H groups in total. The summed E-state index contributed by atoms with van der Waals surface area (Å²) >= 11 is 0. The van der Waals surface area contributed by atoms with E-state index in [1.54, 1.807) is 41.2 Å². The highest BCUT2D eigenvalue weighted by molar-refractivity contribution is 5.85. The van der Waals surface area contributed by atoms with E-state index in [0.717, 1.165) is 11.1 Å². The zero-order valence-corrected chi connectivity index (χ0v) is 17.2. The number of nitrogens with one attached hydrogen (secondary N) is 1. The average molecular weight is 419 g/mol. The van der Waals surface area contributed by atoms with E-state index in [1.165, 1.54) is 12.1 Å². The minimum Gasteiger partial charge on any atom is -0.459 e. The van der Waals surface area contributed by atoms with Crippen LogP contribution in [0.5, 0.6) is 6.01 Å². The Bertz CT molecular complexity index is 1240. The zero-order valence-electron chi connectivity index (χ0n) is 17.2. The van der Waals surface area contributed by atoms with Crippen molar-refractivity contribution in [2.75, 3.05) is 17.7 Å². The van der Waals surface area contributed by atoms with E-state index in [4.69, 9.17) is 10.5 Å². The van der Waals surface area contributed by atoms with Crippen LogP contribution in [0.1, 0.15) is 25.5 Å². The Morgan fingerprint density at radius 2 is 2.06 bits per heavy atom. The first-order chi connectivity index (χ1) is 14.9. The first-order valence-corrected chi connectivity index (χ1v) is 9.68. The summed E-state index contributed by atoms with van der Waals surface area (Å²) in [5, 5.41) is 7.61. The molecule has 0 bridgehead atoms. The zero-order chi connectivity index (χ0) is 22.0. The van der Waals surface area contributed by atoms with Crippen LogP contribution in [-0.4, -0.2) is 31.2 Å². The third-order valence-corrected chi connectivity index (χ3v) is 4.57.